The molecule has 14 heavy (non-hydrogen) atoms. The Morgan fingerprint density at radius 2 is 2.14 bits per heavy atom. The summed E-state index contributed by atoms with van der Waals surface area (Å²) in [6.45, 7) is 2.62. The minimum Gasteiger partial charge on any atom is -0.493 e. The van der Waals surface area contributed by atoms with E-state index in [2.05, 4.69) is 4.98 Å². The average Bonchev–Trinajstić information content (AvgIpc) is 2.18. The third-order valence-electron chi connectivity index (χ3n) is 1.96. The van der Waals surface area contributed by atoms with Crippen molar-refractivity contribution in [1.29, 1.82) is 0 Å². The van der Waals surface area contributed by atoms with E-state index in [-0.39, 0.29) is 0 Å². The van der Waals surface area contributed by atoms with E-state index in [9.17, 15) is 0 Å². The zero-order valence-electron chi connectivity index (χ0n) is 7.83. The third kappa shape index (κ3) is 1.66. The molecule has 0 amide bonds. The van der Waals surface area contributed by atoms with Gasteiger partial charge in [-0.05, 0) is 31.2 Å². The van der Waals surface area contributed by atoms with Crippen LogP contribution in [0.2, 0.25) is 5.15 Å². The fraction of sp³-hybridized carbons (Fsp3) is 0.182. The molecule has 0 radical (unpaired) electrons. The smallest absolute Gasteiger partial charge is 0.129 e. The summed E-state index contributed by atoms with van der Waals surface area (Å²) in [6, 6.07) is 9.46. The summed E-state index contributed by atoms with van der Waals surface area (Å²) in [5.41, 5.74) is 0.864. The van der Waals surface area contributed by atoms with Crippen molar-refractivity contribution in [2.75, 3.05) is 6.61 Å². The van der Waals surface area contributed by atoms with Gasteiger partial charge in [0.25, 0.3) is 0 Å². The number of aromatic nitrogens is 1. The molecule has 0 aliphatic heterocycles. The van der Waals surface area contributed by atoms with Crippen molar-refractivity contribution in [3.05, 3.63) is 35.5 Å². The van der Waals surface area contributed by atoms with Gasteiger partial charge in [-0.15, -0.1) is 0 Å². The van der Waals surface area contributed by atoms with Crippen LogP contribution in [-0.4, -0.2) is 11.6 Å². The van der Waals surface area contributed by atoms with Crippen LogP contribution in [0.15, 0.2) is 30.3 Å². The molecule has 3 heteroatoms. The van der Waals surface area contributed by atoms with Gasteiger partial charge in [-0.2, -0.15) is 0 Å². The summed E-state index contributed by atoms with van der Waals surface area (Å²) in [5.74, 6) is 0.856. The SMILES string of the molecule is CCOc1cccc2nc(Cl)ccc12. The third-order valence-corrected chi connectivity index (χ3v) is 2.17. The van der Waals surface area contributed by atoms with E-state index in [1.54, 1.807) is 6.07 Å². The summed E-state index contributed by atoms with van der Waals surface area (Å²) < 4.78 is 5.48. The van der Waals surface area contributed by atoms with Crippen LogP contribution in [0, 0.1) is 0 Å². The number of fused-ring (bicyclic) bond motifs is 1. The Labute approximate surface area is 87.5 Å². The van der Waals surface area contributed by atoms with Crippen LogP contribution < -0.4 is 4.74 Å². The van der Waals surface area contributed by atoms with Crippen molar-refractivity contribution in [1.82, 2.24) is 4.98 Å². The second kappa shape index (κ2) is 3.84. The largest absolute Gasteiger partial charge is 0.493 e. The van der Waals surface area contributed by atoms with Crippen molar-refractivity contribution in [3.8, 4) is 5.75 Å². The lowest BCUT2D eigenvalue weighted by atomic mass is 10.2. The lowest BCUT2D eigenvalue weighted by Gasteiger charge is -2.06. The summed E-state index contributed by atoms with van der Waals surface area (Å²) >= 11 is 5.80. The predicted molar refractivity (Wildman–Crippen MR) is 57.9 cm³/mol. The fourth-order valence-corrected chi connectivity index (χ4v) is 1.54. The molecule has 2 nitrogen and oxygen atoms in total. The Hall–Kier alpha value is -1.28. The molecular formula is C11H10ClNO. The Morgan fingerprint density at radius 1 is 1.29 bits per heavy atom. The van der Waals surface area contributed by atoms with Gasteiger partial charge in [-0.1, -0.05) is 17.7 Å². The molecule has 72 valence electrons. The normalized spacial score (nSPS) is 10.4. The number of rotatable bonds is 2. The molecule has 0 aliphatic carbocycles. The van der Waals surface area contributed by atoms with E-state index < -0.39 is 0 Å². The second-order valence-corrected chi connectivity index (χ2v) is 3.28. The quantitative estimate of drug-likeness (QED) is 0.705. The van der Waals surface area contributed by atoms with Crippen LogP contribution in [-0.2, 0) is 0 Å². The van der Waals surface area contributed by atoms with Crippen LogP contribution in [0.5, 0.6) is 5.75 Å². The summed E-state index contributed by atoms with van der Waals surface area (Å²) in [4.78, 5) is 4.20. The molecule has 0 saturated carbocycles. The zero-order chi connectivity index (χ0) is 9.97. The van der Waals surface area contributed by atoms with Gasteiger partial charge in [0, 0.05) is 5.39 Å². The number of hydrogen-bond acceptors (Lipinski definition) is 2. The first kappa shape index (κ1) is 9.28. The standard InChI is InChI=1S/C11H10ClNO/c1-2-14-10-5-3-4-9-8(10)6-7-11(12)13-9/h3-7H,2H2,1H3. The van der Waals surface area contributed by atoms with Gasteiger partial charge in [0.05, 0.1) is 12.1 Å². The molecule has 1 heterocycles. The molecule has 0 aliphatic rings. The molecule has 2 rings (SSSR count). The van der Waals surface area contributed by atoms with Crippen molar-refractivity contribution in [3.63, 3.8) is 0 Å². The van der Waals surface area contributed by atoms with Crippen LogP contribution in [0.1, 0.15) is 6.92 Å². The lowest BCUT2D eigenvalue weighted by molar-refractivity contribution is 0.344. The van der Waals surface area contributed by atoms with Crippen molar-refractivity contribution in [2.24, 2.45) is 0 Å². The highest BCUT2D eigenvalue weighted by molar-refractivity contribution is 6.29. The van der Waals surface area contributed by atoms with Crippen LogP contribution in [0.3, 0.4) is 0 Å². The zero-order valence-corrected chi connectivity index (χ0v) is 8.58. The molecule has 0 atom stereocenters. The maximum absolute atomic E-state index is 5.80. The van der Waals surface area contributed by atoms with E-state index in [0.29, 0.717) is 11.8 Å². The Kier molecular flexibility index (Phi) is 2.55. The number of nitrogens with zero attached hydrogens (tertiary/aromatic N) is 1. The molecule has 0 fully saturated rings. The van der Waals surface area contributed by atoms with Crippen LogP contribution in [0.4, 0.5) is 0 Å². The van der Waals surface area contributed by atoms with Crippen LogP contribution >= 0.6 is 11.6 Å². The molecule has 1 aromatic heterocycles. The van der Waals surface area contributed by atoms with Crippen molar-refractivity contribution in [2.45, 2.75) is 6.92 Å². The number of ether oxygens (including phenoxy) is 1. The van der Waals surface area contributed by atoms with E-state index in [1.165, 1.54) is 0 Å². The van der Waals surface area contributed by atoms with Gasteiger partial charge in [0.15, 0.2) is 0 Å². The van der Waals surface area contributed by atoms with Gasteiger partial charge in [0.2, 0.25) is 0 Å². The molecular weight excluding hydrogens is 198 g/mol. The highest BCUT2D eigenvalue weighted by atomic mass is 35.5. The van der Waals surface area contributed by atoms with E-state index in [0.717, 1.165) is 16.7 Å². The Morgan fingerprint density at radius 3 is 2.93 bits per heavy atom. The molecule has 2 aromatic rings. The number of benzene rings is 1. The maximum atomic E-state index is 5.80. The van der Waals surface area contributed by atoms with Crippen molar-refractivity contribution >= 4 is 22.5 Å². The first-order valence-electron chi connectivity index (χ1n) is 4.49. The number of hydrogen-bond donors (Lipinski definition) is 0. The molecule has 1 aromatic carbocycles. The number of pyridine rings is 1. The summed E-state index contributed by atoms with van der Waals surface area (Å²) in [7, 11) is 0. The number of halogens is 1. The minimum absolute atomic E-state index is 0.506. The van der Waals surface area contributed by atoms with Gasteiger partial charge in [-0.25, -0.2) is 4.98 Å². The highest BCUT2D eigenvalue weighted by Gasteiger charge is 2.02. The molecule has 0 saturated heterocycles. The molecule has 0 N–H and O–H groups in total. The molecule has 0 unspecified atom stereocenters. The van der Waals surface area contributed by atoms with E-state index >= 15 is 0 Å². The molecule has 0 bridgehead atoms. The minimum atomic E-state index is 0.506. The summed E-state index contributed by atoms with van der Waals surface area (Å²) in [6.07, 6.45) is 0. The Bertz CT molecular complexity index is 456. The topological polar surface area (TPSA) is 22.1 Å². The highest BCUT2D eigenvalue weighted by Crippen LogP contribution is 2.25. The van der Waals surface area contributed by atoms with Crippen LogP contribution in [0.25, 0.3) is 10.9 Å². The first-order valence-corrected chi connectivity index (χ1v) is 4.87. The first-order chi connectivity index (χ1) is 6.81. The molecule has 0 spiro atoms. The van der Waals surface area contributed by atoms with Gasteiger partial charge in [0.1, 0.15) is 10.9 Å². The fourth-order valence-electron chi connectivity index (χ4n) is 1.38. The van der Waals surface area contributed by atoms with Gasteiger partial charge < -0.3 is 4.74 Å². The summed E-state index contributed by atoms with van der Waals surface area (Å²) in [5, 5.41) is 1.50. The van der Waals surface area contributed by atoms with Crippen molar-refractivity contribution < 1.29 is 4.74 Å². The predicted octanol–water partition coefficient (Wildman–Crippen LogP) is 3.29. The van der Waals surface area contributed by atoms with E-state index in [1.807, 2.05) is 31.2 Å². The monoisotopic (exact) mass is 207 g/mol. The van der Waals surface area contributed by atoms with E-state index in [4.69, 9.17) is 16.3 Å². The van der Waals surface area contributed by atoms with Gasteiger partial charge >= 0.3 is 0 Å². The lowest BCUT2D eigenvalue weighted by Crippen LogP contribution is -1.92. The Balaban J connectivity index is 2.62. The average molecular weight is 208 g/mol. The maximum Gasteiger partial charge on any atom is 0.129 e. The van der Waals surface area contributed by atoms with Gasteiger partial charge in [-0.3, -0.25) is 0 Å². The second-order valence-electron chi connectivity index (χ2n) is 2.89.